The Hall–Kier alpha value is -2.63. The van der Waals surface area contributed by atoms with Gasteiger partial charge in [0.2, 0.25) is 10.0 Å². The molecule has 0 radical (unpaired) electrons. The lowest BCUT2D eigenvalue weighted by Crippen LogP contribution is -2.38. The molecule has 4 rings (SSSR count). The molecule has 1 N–H and O–H groups in total. The number of halogens is 2. The van der Waals surface area contributed by atoms with E-state index in [9.17, 15) is 13.7 Å². The lowest BCUT2D eigenvalue weighted by Gasteiger charge is -2.27. The van der Waals surface area contributed by atoms with Crippen LogP contribution in [0.15, 0.2) is 48.7 Å². The number of hydrogen-bond donors (Lipinski definition) is 1. The molecule has 0 amide bonds. The molecule has 1 unspecified atom stereocenters. The second-order valence-electron chi connectivity index (χ2n) is 9.85. The zero-order valence-corrected chi connectivity index (χ0v) is 23.3. The van der Waals surface area contributed by atoms with Crippen molar-refractivity contribution in [2.75, 3.05) is 18.7 Å². The van der Waals surface area contributed by atoms with Gasteiger partial charge in [-0.2, -0.15) is 5.26 Å². The Balaban J connectivity index is 1.56. The average Bonchev–Trinajstić information content (AvgIpc) is 2.86. The number of fused-ring (bicyclic) bond motifs is 1. The normalized spacial score (nSPS) is 15.6. The van der Waals surface area contributed by atoms with E-state index < -0.39 is 15.4 Å². The molecule has 0 aliphatic heterocycles. The molecule has 37 heavy (non-hydrogen) atoms. The van der Waals surface area contributed by atoms with Crippen LogP contribution in [0.5, 0.6) is 5.75 Å². The standard InChI is InChI=1S/C28H29Cl2N3O3S/c1-28(2,23-13-20(16-31)27(25(30)14-23)36-11-10-29)22-7-4-18(5-8-22)21-12-19-6-9-24(33-37(3,34)35)15-26(19)32-17-21/h4-5,7-8,12-14,17,24,33H,6,9-11,15H2,1-3H3. The van der Waals surface area contributed by atoms with Crippen LogP contribution in [0.2, 0.25) is 5.02 Å². The van der Waals surface area contributed by atoms with Crippen molar-refractivity contribution in [3.8, 4) is 22.9 Å². The first-order valence-corrected chi connectivity index (χ1v) is 14.8. The summed E-state index contributed by atoms with van der Waals surface area (Å²) >= 11 is 12.2. The minimum absolute atomic E-state index is 0.113. The van der Waals surface area contributed by atoms with Crippen molar-refractivity contribution in [2.24, 2.45) is 0 Å². The molecule has 0 saturated carbocycles. The van der Waals surface area contributed by atoms with Gasteiger partial charge in [0.05, 0.1) is 22.7 Å². The maximum atomic E-state index is 11.6. The molecular formula is C28H29Cl2N3O3S. The highest BCUT2D eigenvalue weighted by Gasteiger charge is 2.26. The summed E-state index contributed by atoms with van der Waals surface area (Å²) in [5.41, 5.74) is 6.13. The number of hydrogen-bond acceptors (Lipinski definition) is 5. The van der Waals surface area contributed by atoms with Crippen molar-refractivity contribution in [2.45, 2.75) is 44.6 Å². The number of benzene rings is 2. The van der Waals surface area contributed by atoms with Crippen molar-refractivity contribution in [1.82, 2.24) is 9.71 Å². The first-order valence-electron chi connectivity index (χ1n) is 12.0. The number of nitrogens with zero attached hydrogens (tertiary/aromatic N) is 2. The SMILES string of the molecule is CC(C)(c1ccc(-c2cnc3c(c2)CCC(NS(C)(=O)=O)C3)cc1)c1cc(Cl)c(OCCCl)c(C#N)c1. The molecule has 0 saturated heterocycles. The minimum atomic E-state index is -3.24. The van der Waals surface area contributed by atoms with Gasteiger partial charge in [-0.3, -0.25) is 4.98 Å². The predicted molar refractivity (Wildman–Crippen MR) is 148 cm³/mol. The van der Waals surface area contributed by atoms with Gasteiger partial charge in [-0.15, -0.1) is 11.6 Å². The number of pyridine rings is 1. The molecule has 0 bridgehead atoms. The smallest absolute Gasteiger partial charge is 0.208 e. The molecule has 1 heterocycles. The Labute approximate surface area is 228 Å². The number of alkyl halides is 1. The Morgan fingerprint density at radius 1 is 1.16 bits per heavy atom. The first-order chi connectivity index (χ1) is 17.5. The summed E-state index contributed by atoms with van der Waals surface area (Å²) < 4.78 is 31.4. The summed E-state index contributed by atoms with van der Waals surface area (Å²) in [5.74, 6) is 0.666. The van der Waals surface area contributed by atoms with E-state index in [1.54, 1.807) is 0 Å². The topological polar surface area (TPSA) is 92.1 Å². The Morgan fingerprint density at radius 2 is 1.89 bits per heavy atom. The van der Waals surface area contributed by atoms with Gasteiger partial charge in [0.25, 0.3) is 0 Å². The largest absolute Gasteiger partial charge is 0.489 e. The van der Waals surface area contributed by atoms with Crippen LogP contribution in [0.25, 0.3) is 11.1 Å². The second kappa shape index (κ2) is 11.0. The Bertz CT molecular complexity index is 1450. The number of aryl methyl sites for hydroxylation is 1. The summed E-state index contributed by atoms with van der Waals surface area (Å²) in [6.45, 7) is 4.46. The van der Waals surface area contributed by atoms with Gasteiger partial charge >= 0.3 is 0 Å². The fourth-order valence-electron chi connectivity index (χ4n) is 4.74. The van der Waals surface area contributed by atoms with Crippen LogP contribution >= 0.6 is 23.2 Å². The summed E-state index contributed by atoms with van der Waals surface area (Å²) in [4.78, 5) is 4.65. The average molecular weight is 559 g/mol. The van der Waals surface area contributed by atoms with Crippen LogP contribution in [0.3, 0.4) is 0 Å². The van der Waals surface area contributed by atoms with Crippen LogP contribution in [0.4, 0.5) is 0 Å². The molecule has 6 nitrogen and oxygen atoms in total. The maximum Gasteiger partial charge on any atom is 0.208 e. The van der Waals surface area contributed by atoms with Crippen LogP contribution < -0.4 is 9.46 Å². The number of rotatable bonds is 8. The molecule has 1 aliphatic carbocycles. The maximum absolute atomic E-state index is 11.6. The van der Waals surface area contributed by atoms with Gasteiger partial charge in [0.1, 0.15) is 12.7 Å². The van der Waals surface area contributed by atoms with Gasteiger partial charge in [0, 0.05) is 35.3 Å². The van der Waals surface area contributed by atoms with Gasteiger partial charge in [0.15, 0.2) is 5.75 Å². The zero-order valence-electron chi connectivity index (χ0n) is 21.0. The third-order valence-corrected chi connectivity index (χ3v) is 7.99. The van der Waals surface area contributed by atoms with Gasteiger partial charge < -0.3 is 4.74 Å². The summed E-state index contributed by atoms with van der Waals surface area (Å²) in [5, 5.41) is 10.0. The molecular weight excluding hydrogens is 529 g/mol. The van der Waals surface area contributed by atoms with E-state index in [1.807, 2.05) is 18.3 Å². The quantitative estimate of drug-likeness (QED) is 0.362. The minimum Gasteiger partial charge on any atom is -0.489 e. The zero-order chi connectivity index (χ0) is 26.8. The molecule has 194 valence electrons. The predicted octanol–water partition coefficient (Wildman–Crippen LogP) is 5.62. The molecule has 1 aromatic heterocycles. The number of nitriles is 1. The molecule has 2 aromatic carbocycles. The van der Waals surface area contributed by atoms with Crippen molar-refractivity contribution < 1.29 is 13.2 Å². The highest BCUT2D eigenvalue weighted by molar-refractivity contribution is 7.88. The Kier molecular flexibility index (Phi) is 8.15. The highest BCUT2D eigenvalue weighted by Crippen LogP contribution is 2.39. The lowest BCUT2D eigenvalue weighted by molar-refractivity contribution is 0.341. The third kappa shape index (κ3) is 6.27. The monoisotopic (exact) mass is 557 g/mol. The van der Waals surface area contributed by atoms with Crippen molar-refractivity contribution >= 4 is 33.2 Å². The molecule has 0 fully saturated rings. The lowest BCUT2D eigenvalue weighted by atomic mass is 9.77. The fourth-order valence-corrected chi connectivity index (χ4v) is 5.89. The van der Waals surface area contributed by atoms with Crippen molar-refractivity contribution in [3.05, 3.63) is 81.6 Å². The van der Waals surface area contributed by atoms with Crippen LogP contribution in [0, 0.1) is 11.3 Å². The van der Waals surface area contributed by atoms with Gasteiger partial charge in [-0.25, -0.2) is 13.1 Å². The van der Waals surface area contributed by atoms with E-state index in [0.717, 1.165) is 46.4 Å². The molecule has 1 atom stereocenters. The third-order valence-electron chi connectivity index (χ3n) is 6.79. The molecule has 1 aliphatic rings. The Morgan fingerprint density at radius 3 is 2.54 bits per heavy atom. The van der Waals surface area contributed by atoms with E-state index in [-0.39, 0.29) is 12.6 Å². The second-order valence-corrected chi connectivity index (χ2v) is 12.4. The number of aromatic nitrogens is 1. The van der Waals surface area contributed by atoms with E-state index in [0.29, 0.717) is 28.6 Å². The van der Waals surface area contributed by atoms with E-state index >= 15 is 0 Å². The van der Waals surface area contributed by atoms with Gasteiger partial charge in [-0.05, 0) is 53.3 Å². The highest BCUT2D eigenvalue weighted by atomic mass is 35.5. The van der Waals surface area contributed by atoms with Gasteiger partial charge in [-0.1, -0.05) is 49.7 Å². The van der Waals surface area contributed by atoms with Crippen LogP contribution in [-0.4, -0.2) is 38.2 Å². The number of ether oxygens (including phenoxy) is 1. The van der Waals surface area contributed by atoms with E-state index in [1.165, 1.54) is 6.26 Å². The van der Waals surface area contributed by atoms with E-state index in [2.05, 4.69) is 60.0 Å². The fraction of sp³-hybridized carbons (Fsp3) is 0.357. The van der Waals surface area contributed by atoms with Crippen LogP contribution in [0.1, 0.15) is 48.2 Å². The van der Waals surface area contributed by atoms with E-state index in [4.69, 9.17) is 27.9 Å². The number of nitrogens with one attached hydrogen (secondary N) is 1. The molecule has 3 aromatic rings. The molecule has 9 heteroatoms. The van der Waals surface area contributed by atoms with Crippen molar-refractivity contribution in [1.29, 1.82) is 5.26 Å². The summed E-state index contributed by atoms with van der Waals surface area (Å²) in [6.07, 6.45) is 5.16. The summed E-state index contributed by atoms with van der Waals surface area (Å²) in [6, 6.07) is 16.2. The molecule has 0 spiro atoms. The first kappa shape index (κ1) is 27.4. The number of sulfonamides is 1. The van der Waals surface area contributed by atoms with Crippen LogP contribution in [-0.2, 0) is 28.3 Å². The van der Waals surface area contributed by atoms with Crippen molar-refractivity contribution in [3.63, 3.8) is 0 Å². The summed E-state index contributed by atoms with van der Waals surface area (Å²) in [7, 11) is -3.24.